The van der Waals surface area contributed by atoms with Crippen LogP contribution in [0.15, 0.2) is 42.5 Å². The number of methoxy groups -OCH3 is 2. The van der Waals surface area contributed by atoms with Crippen LogP contribution in [0.2, 0.25) is 0 Å². The van der Waals surface area contributed by atoms with E-state index < -0.39 is 0 Å². The van der Waals surface area contributed by atoms with Gasteiger partial charge < -0.3 is 14.6 Å². The smallest absolute Gasteiger partial charge is 0.164 e. The van der Waals surface area contributed by atoms with Gasteiger partial charge in [-0.15, -0.1) is 0 Å². The third-order valence-corrected chi connectivity index (χ3v) is 3.15. The molecule has 0 radical (unpaired) electrons. The molecule has 0 aliphatic heterocycles. The average molecular weight is 258 g/mol. The standard InChI is InChI=1S/C16H18O3/c1-18-15-9-5-8-13(16(15)19-2)10-12-6-3-4-7-14(12)11-17/h3-9,17H,10-11H2,1-2H3. The maximum atomic E-state index is 9.37. The van der Waals surface area contributed by atoms with Crippen LogP contribution >= 0.6 is 0 Å². The van der Waals surface area contributed by atoms with Crippen molar-refractivity contribution in [2.24, 2.45) is 0 Å². The lowest BCUT2D eigenvalue weighted by Gasteiger charge is -2.14. The van der Waals surface area contributed by atoms with Gasteiger partial charge in [0, 0.05) is 12.0 Å². The van der Waals surface area contributed by atoms with Gasteiger partial charge in [0.05, 0.1) is 20.8 Å². The van der Waals surface area contributed by atoms with E-state index in [2.05, 4.69) is 0 Å². The fourth-order valence-electron chi connectivity index (χ4n) is 2.18. The van der Waals surface area contributed by atoms with Gasteiger partial charge in [-0.2, -0.15) is 0 Å². The van der Waals surface area contributed by atoms with E-state index in [0.717, 1.165) is 28.2 Å². The quantitative estimate of drug-likeness (QED) is 0.896. The molecule has 100 valence electrons. The largest absolute Gasteiger partial charge is 0.493 e. The second kappa shape index (κ2) is 6.25. The van der Waals surface area contributed by atoms with Crippen molar-refractivity contribution in [1.29, 1.82) is 0 Å². The molecule has 0 unspecified atom stereocenters. The highest BCUT2D eigenvalue weighted by atomic mass is 16.5. The van der Waals surface area contributed by atoms with Gasteiger partial charge in [-0.25, -0.2) is 0 Å². The van der Waals surface area contributed by atoms with E-state index in [1.165, 1.54) is 0 Å². The third kappa shape index (κ3) is 2.88. The van der Waals surface area contributed by atoms with Crippen LogP contribution in [-0.4, -0.2) is 19.3 Å². The van der Waals surface area contributed by atoms with Crippen molar-refractivity contribution >= 4 is 0 Å². The Morgan fingerprint density at radius 3 is 2.16 bits per heavy atom. The number of hydrogen-bond donors (Lipinski definition) is 1. The molecule has 0 heterocycles. The average Bonchev–Trinajstić information content (AvgIpc) is 2.47. The number of hydrogen-bond acceptors (Lipinski definition) is 3. The van der Waals surface area contributed by atoms with Crippen LogP contribution in [0.3, 0.4) is 0 Å². The molecule has 0 amide bonds. The molecule has 0 bridgehead atoms. The minimum atomic E-state index is 0.0441. The number of rotatable bonds is 5. The molecule has 0 saturated heterocycles. The zero-order chi connectivity index (χ0) is 13.7. The maximum Gasteiger partial charge on any atom is 0.164 e. The van der Waals surface area contributed by atoms with Crippen molar-refractivity contribution < 1.29 is 14.6 Å². The Labute approximate surface area is 113 Å². The van der Waals surface area contributed by atoms with E-state index >= 15 is 0 Å². The summed E-state index contributed by atoms with van der Waals surface area (Å²) in [5, 5.41) is 9.37. The number of para-hydroxylation sites is 1. The Morgan fingerprint density at radius 2 is 1.53 bits per heavy atom. The van der Waals surface area contributed by atoms with E-state index in [0.29, 0.717) is 6.42 Å². The molecule has 3 heteroatoms. The van der Waals surface area contributed by atoms with Gasteiger partial charge in [-0.3, -0.25) is 0 Å². The van der Waals surface area contributed by atoms with Gasteiger partial charge in [0.15, 0.2) is 11.5 Å². The van der Waals surface area contributed by atoms with E-state index in [1.807, 2.05) is 42.5 Å². The van der Waals surface area contributed by atoms with Crippen molar-refractivity contribution in [2.75, 3.05) is 14.2 Å². The van der Waals surface area contributed by atoms with Gasteiger partial charge >= 0.3 is 0 Å². The van der Waals surface area contributed by atoms with Crippen LogP contribution in [-0.2, 0) is 13.0 Å². The predicted molar refractivity (Wildman–Crippen MR) is 74.7 cm³/mol. The first-order chi connectivity index (χ1) is 9.30. The zero-order valence-corrected chi connectivity index (χ0v) is 11.2. The Morgan fingerprint density at radius 1 is 0.842 bits per heavy atom. The molecule has 0 saturated carbocycles. The number of benzene rings is 2. The summed E-state index contributed by atoms with van der Waals surface area (Å²) in [5.41, 5.74) is 3.08. The molecule has 0 fully saturated rings. The number of ether oxygens (including phenoxy) is 2. The Hall–Kier alpha value is -2.00. The third-order valence-electron chi connectivity index (χ3n) is 3.15. The van der Waals surface area contributed by atoms with E-state index in [9.17, 15) is 5.11 Å². The molecule has 19 heavy (non-hydrogen) atoms. The summed E-state index contributed by atoms with van der Waals surface area (Å²) in [5.74, 6) is 1.47. The summed E-state index contributed by atoms with van der Waals surface area (Å²) in [6.45, 7) is 0.0441. The van der Waals surface area contributed by atoms with Crippen molar-refractivity contribution in [3.05, 3.63) is 59.2 Å². The van der Waals surface area contributed by atoms with Crippen LogP contribution in [0.25, 0.3) is 0 Å². The minimum Gasteiger partial charge on any atom is -0.493 e. The first-order valence-electron chi connectivity index (χ1n) is 6.17. The lowest BCUT2D eigenvalue weighted by molar-refractivity contribution is 0.280. The van der Waals surface area contributed by atoms with Gasteiger partial charge in [0.2, 0.25) is 0 Å². The van der Waals surface area contributed by atoms with Crippen LogP contribution in [0.5, 0.6) is 11.5 Å². The van der Waals surface area contributed by atoms with E-state index in [-0.39, 0.29) is 6.61 Å². The molecule has 0 aliphatic rings. The molecule has 1 N–H and O–H groups in total. The first-order valence-corrected chi connectivity index (χ1v) is 6.17. The molecule has 2 aromatic carbocycles. The second-order valence-corrected chi connectivity index (χ2v) is 4.26. The van der Waals surface area contributed by atoms with Crippen LogP contribution < -0.4 is 9.47 Å². The molecule has 3 nitrogen and oxygen atoms in total. The molecule has 0 aromatic heterocycles. The van der Waals surface area contributed by atoms with E-state index in [4.69, 9.17) is 9.47 Å². The fraction of sp³-hybridized carbons (Fsp3) is 0.250. The van der Waals surface area contributed by atoms with Crippen molar-refractivity contribution in [2.45, 2.75) is 13.0 Å². The molecular weight excluding hydrogens is 240 g/mol. The molecule has 0 spiro atoms. The summed E-state index contributed by atoms with van der Waals surface area (Å²) in [7, 11) is 3.27. The highest BCUT2D eigenvalue weighted by molar-refractivity contribution is 5.49. The highest BCUT2D eigenvalue weighted by Gasteiger charge is 2.11. The van der Waals surface area contributed by atoms with Crippen LogP contribution in [0.1, 0.15) is 16.7 Å². The van der Waals surface area contributed by atoms with Crippen molar-refractivity contribution in [3.63, 3.8) is 0 Å². The molecule has 0 aliphatic carbocycles. The molecular formula is C16H18O3. The van der Waals surface area contributed by atoms with Gasteiger partial charge in [-0.1, -0.05) is 36.4 Å². The van der Waals surface area contributed by atoms with Crippen LogP contribution in [0.4, 0.5) is 0 Å². The summed E-state index contributed by atoms with van der Waals surface area (Å²) in [6.07, 6.45) is 0.705. The number of aliphatic hydroxyl groups is 1. The van der Waals surface area contributed by atoms with Crippen molar-refractivity contribution in [3.8, 4) is 11.5 Å². The van der Waals surface area contributed by atoms with Gasteiger partial charge in [0.25, 0.3) is 0 Å². The summed E-state index contributed by atoms with van der Waals surface area (Å²) < 4.78 is 10.7. The first kappa shape index (κ1) is 13.4. The Bertz CT molecular complexity index is 549. The van der Waals surface area contributed by atoms with E-state index in [1.54, 1.807) is 14.2 Å². The summed E-state index contributed by atoms with van der Waals surface area (Å²) >= 11 is 0. The molecule has 2 aromatic rings. The Kier molecular flexibility index (Phi) is 4.42. The van der Waals surface area contributed by atoms with Crippen molar-refractivity contribution in [1.82, 2.24) is 0 Å². The normalized spacial score (nSPS) is 10.3. The van der Waals surface area contributed by atoms with Crippen LogP contribution in [0, 0.1) is 0 Å². The lowest BCUT2D eigenvalue weighted by Crippen LogP contribution is -1.99. The maximum absolute atomic E-state index is 9.37. The molecule has 0 atom stereocenters. The fourth-order valence-corrected chi connectivity index (χ4v) is 2.18. The minimum absolute atomic E-state index is 0.0441. The summed E-state index contributed by atoms with van der Waals surface area (Å²) in [4.78, 5) is 0. The topological polar surface area (TPSA) is 38.7 Å². The number of aliphatic hydroxyl groups excluding tert-OH is 1. The Balaban J connectivity index is 2.38. The second-order valence-electron chi connectivity index (χ2n) is 4.26. The van der Waals surface area contributed by atoms with Gasteiger partial charge in [0.1, 0.15) is 0 Å². The monoisotopic (exact) mass is 258 g/mol. The lowest BCUT2D eigenvalue weighted by atomic mass is 9.99. The molecule has 2 rings (SSSR count). The predicted octanol–water partition coefficient (Wildman–Crippen LogP) is 2.79. The summed E-state index contributed by atoms with van der Waals surface area (Å²) in [6, 6.07) is 13.7. The van der Waals surface area contributed by atoms with Gasteiger partial charge in [-0.05, 0) is 17.2 Å². The SMILES string of the molecule is COc1cccc(Cc2ccccc2CO)c1OC. The highest BCUT2D eigenvalue weighted by Crippen LogP contribution is 2.32. The zero-order valence-electron chi connectivity index (χ0n) is 11.2.